The van der Waals surface area contributed by atoms with Crippen molar-refractivity contribution < 1.29 is 0 Å². The summed E-state index contributed by atoms with van der Waals surface area (Å²) in [5.41, 5.74) is 2.49. The lowest BCUT2D eigenvalue weighted by molar-refractivity contribution is 0.509. The van der Waals surface area contributed by atoms with Crippen LogP contribution in [0.1, 0.15) is 35.2 Å². The number of fused-ring (bicyclic) bond motifs is 4. The minimum absolute atomic E-state index is 0.0311. The summed E-state index contributed by atoms with van der Waals surface area (Å²) in [5.74, 6) is 0.658. The molecule has 27 heavy (non-hydrogen) atoms. The highest BCUT2D eigenvalue weighted by molar-refractivity contribution is 7.18. The van der Waals surface area contributed by atoms with Crippen molar-refractivity contribution in [2.75, 3.05) is 0 Å². The second-order valence-corrected chi connectivity index (χ2v) is 9.21. The molecule has 4 heterocycles. The molecular formula is C19H18N4O2S2. The van der Waals surface area contributed by atoms with Crippen molar-refractivity contribution in [1.82, 2.24) is 18.9 Å². The standard InChI is InChI=1S/C19H18N4O2S2/c1-10-3-4-13-14(5-10)27-17-16(13)18(25)22(9-20-17)7-12-6-15(24)23-11(2)8-26-19(23)21-12/h6,8-10H,3-5,7H2,1-2H3/t10-/m0/s1. The van der Waals surface area contributed by atoms with E-state index in [4.69, 9.17) is 0 Å². The van der Waals surface area contributed by atoms with Gasteiger partial charge in [0.05, 0.1) is 24.0 Å². The van der Waals surface area contributed by atoms with Gasteiger partial charge in [0.25, 0.3) is 11.1 Å². The van der Waals surface area contributed by atoms with E-state index in [0.717, 1.165) is 35.2 Å². The van der Waals surface area contributed by atoms with Gasteiger partial charge in [-0.25, -0.2) is 9.97 Å². The van der Waals surface area contributed by atoms with E-state index in [0.29, 0.717) is 16.6 Å². The van der Waals surface area contributed by atoms with Crippen molar-refractivity contribution in [3.8, 4) is 0 Å². The van der Waals surface area contributed by atoms with Gasteiger partial charge in [0, 0.05) is 22.0 Å². The maximum absolute atomic E-state index is 13.1. The van der Waals surface area contributed by atoms with Gasteiger partial charge < -0.3 is 0 Å². The molecule has 0 N–H and O–H groups in total. The van der Waals surface area contributed by atoms with E-state index in [1.165, 1.54) is 27.8 Å². The number of hydrogen-bond acceptors (Lipinski definition) is 6. The topological polar surface area (TPSA) is 69.3 Å². The van der Waals surface area contributed by atoms with E-state index in [1.807, 2.05) is 12.3 Å². The lowest BCUT2D eigenvalue weighted by Gasteiger charge is -2.17. The van der Waals surface area contributed by atoms with Gasteiger partial charge in [0.15, 0.2) is 4.96 Å². The number of thiophene rings is 1. The fourth-order valence-electron chi connectivity index (χ4n) is 3.84. The number of rotatable bonds is 2. The van der Waals surface area contributed by atoms with E-state index in [2.05, 4.69) is 16.9 Å². The zero-order valence-electron chi connectivity index (χ0n) is 15.1. The number of aromatic nitrogens is 4. The van der Waals surface area contributed by atoms with E-state index in [-0.39, 0.29) is 17.7 Å². The van der Waals surface area contributed by atoms with E-state index < -0.39 is 0 Å². The molecule has 0 unspecified atom stereocenters. The van der Waals surface area contributed by atoms with Crippen LogP contribution >= 0.6 is 22.7 Å². The third-order valence-electron chi connectivity index (χ3n) is 5.24. The molecule has 8 heteroatoms. The molecule has 4 aromatic rings. The van der Waals surface area contributed by atoms with Crippen molar-refractivity contribution in [2.24, 2.45) is 5.92 Å². The van der Waals surface area contributed by atoms with Crippen LogP contribution in [0.5, 0.6) is 0 Å². The van der Waals surface area contributed by atoms with Crippen LogP contribution in [0.4, 0.5) is 0 Å². The molecule has 0 radical (unpaired) electrons. The van der Waals surface area contributed by atoms with Crippen LogP contribution < -0.4 is 11.1 Å². The molecule has 0 aromatic carbocycles. The number of thiazole rings is 1. The van der Waals surface area contributed by atoms with E-state index in [9.17, 15) is 9.59 Å². The van der Waals surface area contributed by atoms with Gasteiger partial charge in [-0.1, -0.05) is 6.92 Å². The summed E-state index contributed by atoms with van der Waals surface area (Å²) in [6.07, 6.45) is 4.67. The molecule has 138 valence electrons. The normalized spacial score (nSPS) is 16.9. The highest BCUT2D eigenvalue weighted by Gasteiger charge is 2.23. The molecule has 6 nitrogen and oxygen atoms in total. The van der Waals surface area contributed by atoms with E-state index in [1.54, 1.807) is 26.6 Å². The van der Waals surface area contributed by atoms with Gasteiger partial charge in [-0.3, -0.25) is 18.6 Å². The van der Waals surface area contributed by atoms with Crippen molar-refractivity contribution in [3.63, 3.8) is 0 Å². The summed E-state index contributed by atoms with van der Waals surface area (Å²) in [4.78, 5) is 37.4. The summed E-state index contributed by atoms with van der Waals surface area (Å²) in [7, 11) is 0. The molecular weight excluding hydrogens is 380 g/mol. The monoisotopic (exact) mass is 398 g/mol. The van der Waals surface area contributed by atoms with Crippen LogP contribution in [-0.4, -0.2) is 18.9 Å². The summed E-state index contributed by atoms with van der Waals surface area (Å²) in [6.45, 7) is 4.40. The number of aryl methyl sites for hydroxylation is 2. The fourth-order valence-corrected chi connectivity index (χ4v) is 6.07. The Bertz CT molecular complexity index is 1310. The molecule has 0 bridgehead atoms. The maximum Gasteiger partial charge on any atom is 0.262 e. The lowest BCUT2D eigenvalue weighted by atomic mass is 9.89. The van der Waals surface area contributed by atoms with Crippen molar-refractivity contribution in [3.05, 3.63) is 60.3 Å². The smallest absolute Gasteiger partial charge is 0.262 e. The fraction of sp³-hybridized carbons (Fsp3) is 0.368. The molecule has 0 spiro atoms. The summed E-state index contributed by atoms with van der Waals surface area (Å²) in [6, 6.07) is 1.51. The first-order valence-electron chi connectivity index (χ1n) is 8.97. The SMILES string of the molecule is Cc1csc2nc(Cn3cnc4sc5c(c4c3=O)CC[C@H](C)C5)cc(=O)n12. The zero-order chi connectivity index (χ0) is 18.7. The molecule has 5 rings (SSSR count). The molecule has 0 saturated heterocycles. The summed E-state index contributed by atoms with van der Waals surface area (Å²) < 4.78 is 3.17. The van der Waals surface area contributed by atoms with Gasteiger partial charge in [0.1, 0.15) is 4.83 Å². The average Bonchev–Trinajstić information content (AvgIpc) is 3.18. The van der Waals surface area contributed by atoms with Gasteiger partial charge >= 0.3 is 0 Å². The van der Waals surface area contributed by atoms with Crippen LogP contribution in [0.3, 0.4) is 0 Å². The van der Waals surface area contributed by atoms with Crippen molar-refractivity contribution >= 4 is 37.9 Å². The Hall–Kier alpha value is -2.32. The predicted molar refractivity (Wildman–Crippen MR) is 108 cm³/mol. The van der Waals surface area contributed by atoms with Crippen molar-refractivity contribution in [1.29, 1.82) is 0 Å². The highest BCUT2D eigenvalue weighted by atomic mass is 32.1. The second kappa shape index (κ2) is 6.10. The van der Waals surface area contributed by atoms with Crippen LogP contribution in [-0.2, 0) is 19.4 Å². The maximum atomic E-state index is 13.1. The highest BCUT2D eigenvalue weighted by Crippen LogP contribution is 2.35. The Labute approximate surface area is 162 Å². The van der Waals surface area contributed by atoms with Gasteiger partial charge in [0.2, 0.25) is 0 Å². The number of nitrogens with zero attached hydrogens (tertiary/aromatic N) is 4. The van der Waals surface area contributed by atoms with Gasteiger partial charge in [-0.05, 0) is 37.7 Å². The predicted octanol–water partition coefficient (Wildman–Crippen LogP) is 3.01. The Balaban J connectivity index is 1.61. The molecule has 0 aliphatic heterocycles. The first-order chi connectivity index (χ1) is 13.0. The Morgan fingerprint density at radius 3 is 3.04 bits per heavy atom. The van der Waals surface area contributed by atoms with Crippen LogP contribution in [0.15, 0.2) is 27.4 Å². The minimum atomic E-state index is -0.113. The minimum Gasteiger partial charge on any atom is -0.293 e. The molecule has 0 saturated carbocycles. The summed E-state index contributed by atoms with van der Waals surface area (Å²) >= 11 is 3.08. The Morgan fingerprint density at radius 2 is 2.19 bits per heavy atom. The largest absolute Gasteiger partial charge is 0.293 e. The average molecular weight is 399 g/mol. The third-order valence-corrected chi connectivity index (χ3v) is 7.35. The third kappa shape index (κ3) is 2.66. The molecule has 4 aromatic heterocycles. The molecule has 1 aliphatic carbocycles. The van der Waals surface area contributed by atoms with Gasteiger partial charge in [-0.2, -0.15) is 0 Å². The van der Waals surface area contributed by atoms with Crippen LogP contribution in [0.25, 0.3) is 15.2 Å². The second-order valence-electron chi connectivity index (χ2n) is 7.29. The summed E-state index contributed by atoms with van der Waals surface area (Å²) in [5, 5.41) is 2.67. The van der Waals surface area contributed by atoms with Crippen molar-refractivity contribution in [2.45, 2.75) is 39.7 Å². The van der Waals surface area contributed by atoms with Crippen LogP contribution in [0, 0.1) is 12.8 Å². The van der Waals surface area contributed by atoms with Crippen LogP contribution in [0.2, 0.25) is 0 Å². The first kappa shape index (κ1) is 16.8. The molecule has 1 aliphatic rings. The van der Waals surface area contributed by atoms with Gasteiger partial charge in [-0.15, -0.1) is 22.7 Å². The number of hydrogen-bond donors (Lipinski definition) is 0. The molecule has 0 amide bonds. The quantitative estimate of drug-likeness (QED) is 0.520. The Kier molecular flexibility index (Phi) is 3.80. The Morgan fingerprint density at radius 1 is 1.33 bits per heavy atom. The molecule has 0 fully saturated rings. The lowest BCUT2D eigenvalue weighted by Crippen LogP contribution is -2.24. The molecule has 1 atom stereocenters. The first-order valence-corrected chi connectivity index (χ1v) is 10.7. The van der Waals surface area contributed by atoms with E-state index >= 15 is 0 Å². The zero-order valence-corrected chi connectivity index (χ0v) is 16.7.